The van der Waals surface area contributed by atoms with E-state index in [-0.39, 0.29) is 18.0 Å². The Kier molecular flexibility index (Phi) is 3.90. The molecule has 0 amide bonds. The van der Waals surface area contributed by atoms with E-state index in [2.05, 4.69) is 25.7 Å². The van der Waals surface area contributed by atoms with Gasteiger partial charge in [-0.3, -0.25) is 4.90 Å². The summed E-state index contributed by atoms with van der Waals surface area (Å²) in [6.07, 6.45) is 1.11. The molecule has 1 fully saturated rings. The van der Waals surface area contributed by atoms with E-state index in [1.54, 1.807) is 0 Å². The number of rotatable bonds is 2. The third-order valence-corrected chi connectivity index (χ3v) is 3.22. The van der Waals surface area contributed by atoms with Gasteiger partial charge >= 0.3 is 0 Å². The Morgan fingerprint density at radius 1 is 1.36 bits per heavy atom. The van der Waals surface area contributed by atoms with Gasteiger partial charge in [-0.25, -0.2) is 4.39 Å². The SMILES string of the molecule is CC(C)(C)N1CCC([C@H](F)CN)CC1. The van der Waals surface area contributed by atoms with Crippen molar-refractivity contribution in [2.45, 2.75) is 45.3 Å². The third kappa shape index (κ3) is 2.92. The second kappa shape index (κ2) is 4.58. The third-order valence-electron chi connectivity index (χ3n) is 3.22. The zero-order valence-electron chi connectivity index (χ0n) is 9.59. The van der Waals surface area contributed by atoms with Gasteiger partial charge in [0.1, 0.15) is 6.17 Å². The van der Waals surface area contributed by atoms with Gasteiger partial charge in [0, 0.05) is 12.1 Å². The number of halogens is 1. The molecule has 0 aromatic heterocycles. The van der Waals surface area contributed by atoms with Gasteiger partial charge in [0.15, 0.2) is 0 Å². The van der Waals surface area contributed by atoms with Crippen LogP contribution in [0.4, 0.5) is 4.39 Å². The van der Waals surface area contributed by atoms with Crippen LogP contribution in [0.3, 0.4) is 0 Å². The molecule has 3 heteroatoms. The van der Waals surface area contributed by atoms with Crippen molar-refractivity contribution >= 4 is 0 Å². The topological polar surface area (TPSA) is 29.3 Å². The Labute approximate surface area is 86.6 Å². The number of likely N-dealkylation sites (tertiary alicyclic amines) is 1. The molecule has 0 bridgehead atoms. The number of alkyl halides is 1. The lowest BCUT2D eigenvalue weighted by Gasteiger charge is -2.41. The van der Waals surface area contributed by atoms with Gasteiger partial charge in [0.25, 0.3) is 0 Å². The molecule has 1 atom stereocenters. The van der Waals surface area contributed by atoms with Gasteiger partial charge < -0.3 is 5.73 Å². The summed E-state index contributed by atoms with van der Waals surface area (Å²) in [7, 11) is 0. The molecule has 84 valence electrons. The van der Waals surface area contributed by atoms with Crippen LogP contribution in [0.2, 0.25) is 0 Å². The quantitative estimate of drug-likeness (QED) is 0.739. The average molecular weight is 202 g/mol. The lowest BCUT2D eigenvalue weighted by Crippen LogP contribution is -2.47. The molecule has 1 rings (SSSR count). The van der Waals surface area contributed by atoms with Crippen molar-refractivity contribution in [1.82, 2.24) is 4.90 Å². The Balaban J connectivity index is 2.39. The fraction of sp³-hybridized carbons (Fsp3) is 1.00. The lowest BCUT2D eigenvalue weighted by atomic mass is 9.89. The highest BCUT2D eigenvalue weighted by atomic mass is 19.1. The molecular weight excluding hydrogens is 179 g/mol. The molecule has 2 nitrogen and oxygen atoms in total. The minimum atomic E-state index is -0.794. The Morgan fingerprint density at radius 3 is 2.21 bits per heavy atom. The first-order chi connectivity index (χ1) is 6.45. The fourth-order valence-electron chi connectivity index (χ4n) is 2.12. The zero-order valence-corrected chi connectivity index (χ0v) is 9.59. The average Bonchev–Trinajstić information content (AvgIpc) is 2.15. The van der Waals surface area contributed by atoms with Crippen molar-refractivity contribution in [3.8, 4) is 0 Å². The molecule has 2 N–H and O–H groups in total. The first kappa shape index (κ1) is 11.9. The van der Waals surface area contributed by atoms with Crippen LogP contribution in [-0.4, -0.2) is 36.2 Å². The van der Waals surface area contributed by atoms with E-state index < -0.39 is 6.17 Å². The summed E-state index contributed by atoms with van der Waals surface area (Å²) in [6.45, 7) is 8.83. The zero-order chi connectivity index (χ0) is 10.8. The maximum atomic E-state index is 13.3. The van der Waals surface area contributed by atoms with Crippen molar-refractivity contribution < 1.29 is 4.39 Å². The Morgan fingerprint density at radius 2 is 1.86 bits per heavy atom. The molecule has 0 unspecified atom stereocenters. The van der Waals surface area contributed by atoms with Crippen molar-refractivity contribution in [1.29, 1.82) is 0 Å². The summed E-state index contributed by atoms with van der Waals surface area (Å²) < 4.78 is 13.3. The molecule has 0 aromatic rings. The molecule has 0 aromatic carbocycles. The molecule has 0 aliphatic carbocycles. The second-order valence-electron chi connectivity index (χ2n) is 5.25. The number of piperidine rings is 1. The summed E-state index contributed by atoms with van der Waals surface area (Å²) in [5.74, 6) is 0.193. The minimum Gasteiger partial charge on any atom is -0.328 e. The highest BCUT2D eigenvalue weighted by Gasteiger charge is 2.30. The van der Waals surface area contributed by atoms with Gasteiger partial charge in [-0.1, -0.05) is 0 Å². The number of hydrogen-bond donors (Lipinski definition) is 1. The molecule has 0 radical (unpaired) electrons. The molecule has 0 saturated carbocycles. The van der Waals surface area contributed by atoms with Crippen molar-refractivity contribution in [2.75, 3.05) is 19.6 Å². The normalized spacial score (nSPS) is 23.8. The van der Waals surface area contributed by atoms with Crippen LogP contribution in [0.1, 0.15) is 33.6 Å². The van der Waals surface area contributed by atoms with E-state index in [0.717, 1.165) is 25.9 Å². The van der Waals surface area contributed by atoms with Crippen LogP contribution >= 0.6 is 0 Å². The van der Waals surface area contributed by atoms with E-state index in [9.17, 15) is 4.39 Å². The van der Waals surface area contributed by atoms with E-state index in [1.807, 2.05) is 0 Å². The monoisotopic (exact) mass is 202 g/mol. The summed E-state index contributed by atoms with van der Waals surface area (Å²) in [6, 6.07) is 0. The predicted octanol–water partition coefficient (Wildman–Crippen LogP) is 1.79. The van der Waals surface area contributed by atoms with Crippen LogP contribution in [-0.2, 0) is 0 Å². The molecule has 1 aliphatic rings. The standard InChI is InChI=1S/C11H23FN2/c1-11(2,3)14-6-4-9(5-7-14)10(12)8-13/h9-10H,4-8,13H2,1-3H3/t10-/m1/s1. The number of nitrogens with zero attached hydrogens (tertiary/aromatic N) is 1. The highest BCUT2D eigenvalue weighted by Crippen LogP contribution is 2.26. The van der Waals surface area contributed by atoms with Crippen LogP contribution in [0.25, 0.3) is 0 Å². The van der Waals surface area contributed by atoms with E-state index in [4.69, 9.17) is 5.73 Å². The molecule has 0 spiro atoms. The van der Waals surface area contributed by atoms with Crippen molar-refractivity contribution in [2.24, 2.45) is 11.7 Å². The fourth-order valence-corrected chi connectivity index (χ4v) is 2.12. The summed E-state index contributed by atoms with van der Waals surface area (Å²) >= 11 is 0. The summed E-state index contributed by atoms with van der Waals surface area (Å²) in [5.41, 5.74) is 5.56. The van der Waals surface area contributed by atoms with Gasteiger partial charge in [-0.05, 0) is 52.6 Å². The van der Waals surface area contributed by atoms with E-state index in [1.165, 1.54) is 0 Å². The van der Waals surface area contributed by atoms with Crippen LogP contribution in [0.5, 0.6) is 0 Å². The van der Waals surface area contributed by atoms with Crippen LogP contribution in [0.15, 0.2) is 0 Å². The smallest absolute Gasteiger partial charge is 0.115 e. The summed E-state index contributed by atoms with van der Waals surface area (Å²) in [4.78, 5) is 2.42. The first-order valence-electron chi connectivity index (χ1n) is 5.54. The van der Waals surface area contributed by atoms with Crippen LogP contribution in [0, 0.1) is 5.92 Å². The molecule has 1 saturated heterocycles. The van der Waals surface area contributed by atoms with Gasteiger partial charge in [-0.15, -0.1) is 0 Å². The van der Waals surface area contributed by atoms with E-state index in [0.29, 0.717) is 0 Å². The van der Waals surface area contributed by atoms with Crippen LogP contribution < -0.4 is 5.73 Å². The summed E-state index contributed by atoms with van der Waals surface area (Å²) in [5, 5.41) is 0. The largest absolute Gasteiger partial charge is 0.328 e. The van der Waals surface area contributed by atoms with Gasteiger partial charge in [0.2, 0.25) is 0 Å². The van der Waals surface area contributed by atoms with Crippen molar-refractivity contribution in [3.05, 3.63) is 0 Å². The number of nitrogens with two attached hydrogens (primary N) is 1. The van der Waals surface area contributed by atoms with E-state index >= 15 is 0 Å². The molecule has 1 heterocycles. The van der Waals surface area contributed by atoms with Gasteiger partial charge in [0.05, 0.1) is 0 Å². The molecular formula is C11H23FN2. The molecule has 14 heavy (non-hydrogen) atoms. The maximum absolute atomic E-state index is 13.3. The van der Waals surface area contributed by atoms with Crippen molar-refractivity contribution in [3.63, 3.8) is 0 Å². The minimum absolute atomic E-state index is 0.181. The predicted molar refractivity (Wildman–Crippen MR) is 58.0 cm³/mol. The highest BCUT2D eigenvalue weighted by molar-refractivity contribution is 4.84. The first-order valence-corrected chi connectivity index (χ1v) is 5.54. The Bertz CT molecular complexity index is 169. The number of hydrogen-bond acceptors (Lipinski definition) is 2. The second-order valence-corrected chi connectivity index (χ2v) is 5.25. The van der Waals surface area contributed by atoms with Gasteiger partial charge in [-0.2, -0.15) is 0 Å². The maximum Gasteiger partial charge on any atom is 0.115 e. The Hall–Kier alpha value is -0.150. The lowest BCUT2D eigenvalue weighted by molar-refractivity contribution is 0.0622. The molecule has 1 aliphatic heterocycles.